The summed E-state index contributed by atoms with van der Waals surface area (Å²) in [5, 5.41) is 72.3. The van der Waals surface area contributed by atoms with Crippen molar-refractivity contribution >= 4 is 122 Å². The van der Waals surface area contributed by atoms with Gasteiger partial charge in [0.1, 0.15) is 54.4 Å². The van der Waals surface area contributed by atoms with Crippen LogP contribution in [0.3, 0.4) is 0 Å². The number of aliphatic carboxylic acids is 4. The van der Waals surface area contributed by atoms with E-state index in [1.54, 1.807) is 45.0 Å². The number of carboxylic acid groups (broad SMARTS) is 4. The van der Waals surface area contributed by atoms with Crippen LogP contribution in [0.4, 0.5) is 0 Å². The molecule has 10 atom stereocenters. The second kappa shape index (κ2) is 53.9. The van der Waals surface area contributed by atoms with Gasteiger partial charge in [-0.05, 0) is 63.9 Å². The maximum absolute atomic E-state index is 15.1. The summed E-state index contributed by atoms with van der Waals surface area (Å²) >= 11 is 0. The minimum absolute atomic E-state index is 0.000528. The number of amides is 13. The van der Waals surface area contributed by atoms with Crippen molar-refractivity contribution in [2.45, 2.75) is 171 Å². The van der Waals surface area contributed by atoms with Gasteiger partial charge in [0.2, 0.25) is 76.8 Å². The Morgan fingerprint density at radius 3 is 1.56 bits per heavy atom. The molecule has 0 saturated carbocycles. The molecule has 0 aromatic heterocycles. The molecule has 1 aromatic carbocycles. The zero-order valence-electron chi connectivity index (χ0n) is 66.8. The van der Waals surface area contributed by atoms with Crippen LogP contribution in [-0.4, -0.2) is 372 Å². The van der Waals surface area contributed by atoms with Gasteiger partial charge in [0.15, 0.2) is 0 Å². The Morgan fingerprint density at radius 1 is 0.534 bits per heavy atom. The van der Waals surface area contributed by atoms with E-state index in [9.17, 15) is 102 Å². The summed E-state index contributed by atoms with van der Waals surface area (Å²) < 4.78 is 16.9. The lowest BCUT2D eigenvalue weighted by Crippen LogP contribution is -2.62. The van der Waals surface area contributed by atoms with Crippen LogP contribution in [-0.2, 0) is 102 Å². The van der Waals surface area contributed by atoms with Crippen LogP contribution in [0.5, 0.6) is 0 Å². The number of benzene rings is 1. The fourth-order valence-electron chi connectivity index (χ4n) is 13.2. The number of nitrogens with zero attached hydrogens (tertiary/aromatic N) is 6. The first-order chi connectivity index (χ1) is 56.3. The molecule has 4 aliphatic heterocycles. The number of ether oxygens (including phenoxy) is 3. The molecule has 42 nitrogen and oxygen atoms in total. The van der Waals surface area contributed by atoms with Crippen molar-refractivity contribution in [2.24, 2.45) is 11.5 Å². The number of rotatable bonds is 42. The van der Waals surface area contributed by atoms with Gasteiger partial charge in [-0.3, -0.25) is 101 Å². The molecule has 1 aromatic rings. The predicted molar refractivity (Wildman–Crippen MR) is 425 cm³/mol. The minimum atomic E-state index is -1.80. The highest BCUT2D eigenvalue weighted by Crippen LogP contribution is 2.29. The van der Waals surface area contributed by atoms with E-state index in [4.69, 9.17) is 25.7 Å². The van der Waals surface area contributed by atoms with Gasteiger partial charge in [0.05, 0.1) is 65.1 Å². The van der Waals surface area contributed by atoms with E-state index in [1.165, 1.54) is 16.7 Å². The number of carbonyl (C=O) groups is 17. The average molecular weight is 1710 g/mol. The molecule has 118 heavy (non-hydrogen) atoms. The quantitative estimate of drug-likeness (QED) is 0.0214. The zero-order valence-corrected chi connectivity index (χ0v) is 68.4. The summed E-state index contributed by atoms with van der Waals surface area (Å²) in [5.74, 6) is -16.5. The van der Waals surface area contributed by atoms with Crippen LogP contribution in [0.2, 0.25) is 0 Å². The Balaban J connectivity index is 1.16. The standard InChI is InChI=1S/C74H117N17O25S2/c1-3-4-14-49(79-59(95)20-19-58(94)77-21-10-33-114-35-37-116-38-36-115-34-11-22-78-60(96)41-86-25-27-87(42-62(99)100)29-31-89(44-64(103)104)32-30-88(28-26-86)43-63(101)102)67(106)84-54-46-118-117-45-53(70(109)81-51(66(76)105)40-61(97)98)83-69(108)52(39-48-12-6-5-7-13-48)82-68(107)50(17-18-57(75)93)80-72(111)65(47(2)92)85-71(110)55-15-8-23-90(55)74(113)56-16-9-24-91(56)73(54)112/h5-7,12-13,47,49-56,65,92H,3-4,8-11,14-46H2,1-2H3,(H2,75,93)(H2,76,105)(H,77,94)(H,78,96)(H,79,95)(H,80,111)(H,81,109)(H,82,107)(H,83,108)(H,84,106)(H,85,110)(H,97,98)(H,99,100)(H,101,102)(H,103,104)/t47-,49+,50+,51+,52+,53+,54+,55+,56+,65+/m1/s1. The van der Waals surface area contributed by atoms with E-state index in [1.807, 2.05) is 11.8 Å². The number of aliphatic hydroxyl groups excluding tert-OH is 1. The number of hydrogen-bond acceptors (Lipinski definition) is 27. The van der Waals surface area contributed by atoms with Crippen molar-refractivity contribution in [2.75, 3.05) is 156 Å². The van der Waals surface area contributed by atoms with Crippen molar-refractivity contribution in [3.05, 3.63) is 35.9 Å². The lowest BCUT2D eigenvalue weighted by Gasteiger charge is -2.33. The maximum atomic E-state index is 15.1. The summed E-state index contributed by atoms with van der Waals surface area (Å²) in [5.41, 5.74) is 11.4. The minimum Gasteiger partial charge on any atom is -0.481 e. The number of unbranched alkanes of at least 4 members (excludes halogenated alkanes) is 1. The molecule has 13 amide bonds. The summed E-state index contributed by atoms with van der Waals surface area (Å²) in [4.78, 5) is 236. The fourth-order valence-corrected chi connectivity index (χ4v) is 15.6. The van der Waals surface area contributed by atoms with Gasteiger partial charge >= 0.3 is 23.9 Å². The second-order valence-corrected chi connectivity index (χ2v) is 31.5. The molecule has 44 heteroatoms. The van der Waals surface area contributed by atoms with Crippen molar-refractivity contribution in [1.29, 1.82) is 0 Å². The molecular weight excluding hydrogens is 1590 g/mol. The van der Waals surface area contributed by atoms with Crippen LogP contribution in [0.25, 0.3) is 0 Å². The number of primary amides is 2. The van der Waals surface area contributed by atoms with Crippen LogP contribution in [0.1, 0.15) is 109 Å². The van der Waals surface area contributed by atoms with Crippen molar-refractivity contribution < 1.29 is 121 Å². The molecule has 18 N–H and O–H groups in total. The van der Waals surface area contributed by atoms with E-state index < -0.39 is 180 Å². The van der Waals surface area contributed by atoms with E-state index in [0.29, 0.717) is 70.3 Å². The average Bonchev–Trinajstić information content (AvgIpc) is 1.64. The number of nitrogens with one attached hydrogen (secondary N) is 9. The number of hydrogen-bond donors (Lipinski definition) is 16. The summed E-state index contributed by atoms with van der Waals surface area (Å²) in [6.07, 6.45) is -1.72. The fraction of sp³-hybridized carbons (Fsp3) is 0.689. The van der Waals surface area contributed by atoms with Crippen molar-refractivity contribution in [3.63, 3.8) is 0 Å². The molecule has 5 rings (SSSR count). The van der Waals surface area contributed by atoms with Gasteiger partial charge in [-0.25, -0.2) is 0 Å². The molecule has 0 radical (unpaired) electrons. The third-order valence-corrected chi connectivity index (χ3v) is 22.0. The Hall–Kier alpha value is -9.41. The second-order valence-electron chi connectivity index (χ2n) is 29.0. The molecule has 0 spiro atoms. The first-order valence-corrected chi connectivity index (χ1v) is 42.1. The van der Waals surface area contributed by atoms with Gasteiger partial charge in [0, 0.05) is 129 Å². The molecule has 4 aliphatic rings. The number of nitrogens with two attached hydrogens (primary N) is 2. The highest BCUT2D eigenvalue weighted by atomic mass is 33.1. The Kier molecular flexibility index (Phi) is 45.3. The summed E-state index contributed by atoms with van der Waals surface area (Å²) in [6.45, 7) is 6.41. The first-order valence-electron chi connectivity index (χ1n) is 39.6. The van der Waals surface area contributed by atoms with Gasteiger partial charge in [0.25, 0.3) is 0 Å². The lowest BCUT2D eigenvalue weighted by molar-refractivity contribution is -0.148. The number of carbonyl (C=O) groups excluding carboxylic acids is 13. The van der Waals surface area contributed by atoms with Gasteiger partial charge < -0.3 is 109 Å². The van der Waals surface area contributed by atoms with E-state index in [2.05, 4.69) is 47.9 Å². The van der Waals surface area contributed by atoms with Crippen LogP contribution < -0.4 is 59.3 Å². The normalized spacial score (nSPS) is 21.9. The van der Waals surface area contributed by atoms with E-state index >= 15 is 4.79 Å². The SMILES string of the molecule is CCCC[C@H](NC(=O)CCC(=O)NCCCOCCOCCOCCCNC(=O)CN1CCN(CC(=O)O)CCN(CC(=O)O)CCN(CC(=O)O)CC1)C(=O)N[C@H]1CSSC[C@@H](C(=O)N[C@@H](CC(=O)O)C(N)=O)NC(=O)[C@H](Cc2ccccc2)NC(=O)[C@H](CCC(N)=O)NC(=O)[C@H]([C@@H](C)O)NC(=O)[C@@H]2CCCN2C(=O)[C@@H]2CCCN2C1=O. The highest BCUT2D eigenvalue weighted by Gasteiger charge is 2.46. The largest absolute Gasteiger partial charge is 0.481 e. The molecule has 4 saturated heterocycles. The summed E-state index contributed by atoms with van der Waals surface area (Å²) in [7, 11) is 1.77. The Bertz CT molecular complexity index is 3490. The molecule has 660 valence electrons. The van der Waals surface area contributed by atoms with Gasteiger partial charge in [-0.1, -0.05) is 71.7 Å². The number of carboxylic acids is 4. The van der Waals surface area contributed by atoms with Gasteiger partial charge in [-0.2, -0.15) is 0 Å². The van der Waals surface area contributed by atoms with Crippen LogP contribution >= 0.6 is 21.6 Å². The Labute approximate surface area is 691 Å². The van der Waals surface area contributed by atoms with Crippen molar-refractivity contribution in [3.8, 4) is 0 Å². The third kappa shape index (κ3) is 37.7. The lowest BCUT2D eigenvalue weighted by atomic mass is 10.0. The van der Waals surface area contributed by atoms with Crippen molar-refractivity contribution in [1.82, 2.24) is 77.3 Å². The maximum Gasteiger partial charge on any atom is 0.317 e. The Morgan fingerprint density at radius 2 is 1.03 bits per heavy atom. The molecule has 0 unspecified atom stereocenters. The molecule has 4 fully saturated rings. The third-order valence-electron chi connectivity index (χ3n) is 19.6. The zero-order chi connectivity index (χ0) is 86.6. The smallest absolute Gasteiger partial charge is 0.317 e. The van der Waals surface area contributed by atoms with Crippen LogP contribution in [0.15, 0.2) is 30.3 Å². The predicted octanol–water partition coefficient (Wildman–Crippen LogP) is -5.89. The van der Waals surface area contributed by atoms with E-state index in [0.717, 1.165) is 21.6 Å². The first kappa shape index (κ1) is 99.2. The van der Waals surface area contributed by atoms with Gasteiger partial charge in [-0.15, -0.1) is 0 Å². The van der Waals surface area contributed by atoms with Crippen LogP contribution in [0, 0.1) is 0 Å². The van der Waals surface area contributed by atoms with E-state index in [-0.39, 0.29) is 168 Å². The monoisotopic (exact) mass is 1710 g/mol. The number of fused-ring (bicyclic) bond motifs is 2. The number of aliphatic hydroxyl groups is 1. The molecular formula is C74H117N17O25S2. The molecule has 0 aliphatic carbocycles. The highest BCUT2D eigenvalue weighted by molar-refractivity contribution is 8.76. The topological polar surface area (TPSA) is 599 Å². The molecule has 4 heterocycles. The summed E-state index contributed by atoms with van der Waals surface area (Å²) in [6, 6.07) is -5.57. The molecule has 0 bridgehead atoms.